The van der Waals surface area contributed by atoms with Gasteiger partial charge in [-0.15, -0.1) is 5.10 Å². The van der Waals surface area contributed by atoms with Crippen molar-refractivity contribution in [2.75, 3.05) is 11.9 Å². The standard InChI is InChI=1S/C21H26N6O3/c1-12(2)17-4-5-22-26-21(17)29-11-14-7-15(8-14)18-10-19(25-24-18)23-20(28)9-16-6-13(3)27-30-16/h4-6,10,12,14-15H,7-9,11H2,1-3H3,(H2,23,24,25,28)/t14-,15+. The van der Waals surface area contributed by atoms with Crippen LogP contribution in [0.25, 0.3) is 0 Å². The highest BCUT2D eigenvalue weighted by molar-refractivity contribution is 5.91. The Balaban J connectivity index is 1.24. The van der Waals surface area contributed by atoms with Gasteiger partial charge in [-0.05, 0) is 37.7 Å². The summed E-state index contributed by atoms with van der Waals surface area (Å²) in [4.78, 5) is 12.1. The van der Waals surface area contributed by atoms with Crippen molar-refractivity contribution in [1.82, 2.24) is 25.6 Å². The lowest BCUT2D eigenvalue weighted by Gasteiger charge is -2.34. The molecule has 0 aliphatic heterocycles. The van der Waals surface area contributed by atoms with Crippen molar-refractivity contribution in [3.8, 4) is 5.88 Å². The number of rotatable bonds is 8. The smallest absolute Gasteiger partial charge is 0.236 e. The van der Waals surface area contributed by atoms with Gasteiger partial charge in [0.2, 0.25) is 11.8 Å². The number of carbonyl (C=O) groups excluding carboxylic acids is 1. The van der Waals surface area contributed by atoms with E-state index in [0.717, 1.165) is 29.8 Å². The lowest BCUT2D eigenvalue weighted by Crippen LogP contribution is -2.27. The average Bonchev–Trinajstić information content (AvgIpc) is 3.29. The summed E-state index contributed by atoms with van der Waals surface area (Å²) in [5.41, 5.74) is 2.86. The van der Waals surface area contributed by atoms with Crippen molar-refractivity contribution < 1.29 is 14.1 Å². The molecular formula is C21H26N6O3. The van der Waals surface area contributed by atoms with Crippen LogP contribution >= 0.6 is 0 Å². The van der Waals surface area contributed by atoms with Crippen LogP contribution in [-0.2, 0) is 11.2 Å². The number of hydrogen-bond donors (Lipinski definition) is 2. The second-order valence-electron chi connectivity index (χ2n) is 8.16. The van der Waals surface area contributed by atoms with Gasteiger partial charge in [0.05, 0.1) is 24.9 Å². The van der Waals surface area contributed by atoms with Gasteiger partial charge in [-0.2, -0.15) is 10.2 Å². The largest absolute Gasteiger partial charge is 0.476 e. The second kappa shape index (κ2) is 8.64. The van der Waals surface area contributed by atoms with Gasteiger partial charge in [-0.25, -0.2) is 0 Å². The minimum absolute atomic E-state index is 0.132. The summed E-state index contributed by atoms with van der Waals surface area (Å²) in [6.07, 6.45) is 3.84. The van der Waals surface area contributed by atoms with Gasteiger partial charge in [0.1, 0.15) is 5.76 Å². The van der Waals surface area contributed by atoms with Crippen LogP contribution in [0.3, 0.4) is 0 Å². The van der Waals surface area contributed by atoms with E-state index in [-0.39, 0.29) is 12.3 Å². The summed E-state index contributed by atoms with van der Waals surface area (Å²) in [5, 5.41) is 21.9. The van der Waals surface area contributed by atoms with Crippen LogP contribution < -0.4 is 10.1 Å². The quantitative estimate of drug-likeness (QED) is 0.584. The molecular weight excluding hydrogens is 384 g/mol. The highest BCUT2D eigenvalue weighted by atomic mass is 16.5. The number of aryl methyl sites for hydroxylation is 1. The molecule has 3 aromatic rings. The molecule has 30 heavy (non-hydrogen) atoms. The molecule has 0 spiro atoms. The minimum atomic E-state index is -0.186. The number of carbonyl (C=O) groups is 1. The molecule has 0 aromatic carbocycles. The van der Waals surface area contributed by atoms with E-state index in [0.29, 0.717) is 41.8 Å². The Hall–Kier alpha value is -3.23. The monoisotopic (exact) mass is 410 g/mol. The molecule has 3 aromatic heterocycles. The predicted molar refractivity (Wildman–Crippen MR) is 109 cm³/mol. The normalized spacial score (nSPS) is 18.3. The molecule has 3 heterocycles. The molecule has 9 nitrogen and oxygen atoms in total. The van der Waals surface area contributed by atoms with Crippen molar-refractivity contribution in [3.63, 3.8) is 0 Å². The fraction of sp³-hybridized carbons (Fsp3) is 0.476. The molecule has 9 heteroatoms. The van der Waals surface area contributed by atoms with Gasteiger partial charge in [-0.3, -0.25) is 9.89 Å². The van der Waals surface area contributed by atoms with Crippen molar-refractivity contribution in [1.29, 1.82) is 0 Å². The summed E-state index contributed by atoms with van der Waals surface area (Å²) in [7, 11) is 0. The van der Waals surface area contributed by atoms with E-state index >= 15 is 0 Å². The summed E-state index contributed by atoms with van der Waals surface area (Å²) in [5.74, 6) is 2.70. The Morgan fingerprint density at radius 1 is 1.37 bits per heavy atom. The molecule has 0 bridgehead atoms. The summed E-state index contributed by atoms with van der Waals surface area (Å²) in [6.45, 7) is 6.68. The Morgan fingerprint density at radius 2 is 2.20 bits per heavy atom. The lowest BCUT2D eigenvalue weighted by atomic mass is 9.74. The molecule has 4 rings (SSSR count). The fourth-order valence-corrected chi connectivity index (χ4v) is 3.66. The maximum absolute atomic E-state index is 12.1. The maximum Gasteiger partial charge on any atom is 0.236 e. The first-order valence-corrected chi connectivity index (χ1v) is 10.2. The molecule has 2 N–H and O–H groups in total. The summed E-state index contributed by atoms with van der Waals surface area (Å²) < 4.78 is 11.0. The summed E-state index contributed by atoms with van der Waals surface area (Å²) >= 11 is 0. The molecule has 0 radical (unpaired) electrons. The van der Waals surface area contributed by atoms with Crippen LogP contribution in [-0.4, -0.2) is 38.1 Å². The van der Waals surface area contributed by atoms with Crippen LogP contribution in [0, 0.1) is 12.8 Å². The Morgan fingerprint density at radius 3 is 2.93 bits per heavy atom. The van der Waals surface area contributed by atoms with Gasteiger partial charge < -0.3 is 14.6 Å². The minimum Gasteiger partial charge on any atom is -0.476 e. The molecule has 1 fully saturated rings. The number of nitrogens with one attached hydrogen (secondary N) is 2. The molecule has 0 unspecified atom stereocenters. The molecule has 0 atom stereocenters. The number of hydrogen-bond acceptors (Lipinski definition) is 7. The highest BCUT2D eigenvalue weighted by Crippen LogP contribution is 2.41. The first kappa shape index (κ1) is 20.1. The third-order valence-electron chi connectivity index (χ3n) is 5.35. The number of aromatic nitrogens is 5. The van der Waals surface area contributed by atoms with E-state index in [9.17, 15) is 4.79 Å². The van der Waals surface area contributed by atoms with Crippen molar-refractivity contribution in [2.24, 2.45) is 5.92 Å². The van der Waals surface area contributed by atoms with Gasteiger partial charge in [0.15, 0.2) is 5.82 Å². The molecule has 158 valence electrons. The zero-order valence-corrected chi connectivity index (χ0v) is 17.4. The Labute approximate surface area is 174 Å². The van der Waals surface area contributed by atoms with Crippen LogP contribution in [0.2, 0.25) is 0 Å². The Kier molecular flexibility index (Phi) is 5.78. The zero-order chi connectivity index (χ0) is 21.1. The van der Waals surface area contributed by atoms with Gasteiger partial charge in [0, 0.05) is 29.3 Å². The van der Waals surface area contributed by atoms with Gasteiger partial charge in [-0.1, -0.05) is 19.0 Å². The van der Waals surface area contributed by atoms with E-state index in [4.69, 9.17) is 9.26 Å². The molecule has 1 amide bonds. The fourth-order valence-electron chi connectivity index (χ4n) is 3.66. The molecule has 1 saturated carbocycles. The lowest BCUT2D eigenvalue weighted by molar-refractivity contribution is -0.115. The van der Waals surface area contributed by atoms with Crippen LogP contribution in [0.4, 0.5) is 5.82 Å². The summed E-state index contributed by atoms with van der Waals surface area (Å²) in [6, 6.07) is 5.60. The molecule has 1 aliphatic rings. The maximum atomic E-state index is 12.1. The predicted octanol–water partition coefficient (Wildman–Crippen LogP) is 3.37. The second-order valence-corrected chi connectivity index (χ2v) is 8.16. The third-order valence-corrected chi connectivity index (χ3v) is 5.35. The van der Waals surface area contributed by atoms with Crippen molar-refractivity contribution >= 4 is 11.7 Å². The first-order valence-electron chi connectivity index (χ1n) is 10.2. The van der Waals surface area contributed by atoms with Crippen LogP contribution in [0.1, 0.15) is 61.2 Å². The average molecular weight is 410 g/mol. The van der Waals surface area contributed by atoms with E-state index < -0.39 is 0 Å². The number of nitrogens with zero attached hydrogens (tertiary/aromatic N) is 4. The zero-order valence-electron chi connectivity index (χ0n) is 17.4. The van der Waals surface area contributed by atoms with E-state index in [1.54, 1.807) is 12.3 Å². The van der Waals surface area contributed by atoms with E-state index in [1.807, 2.05) is 19.1 Å². The van der Waals surface area contributed by atoms with Gasteiger partial charge in [0.25, 0.3) is 0 Å². The Bertz CT molecular complexity index is 1010. The van der Waals surface area contributed by atoms with Crippen molar-refractivity contribution in [3.05, 3.63) is 47.1 Å². The number of H-pyrrole nitrogens is 1. The number of aromatic amines is 1. The SMILES string of the molecule is Cc1cc(CC(=O)Nc2cc([C@H]3C[C@@H](COc4nnccc4C(C)C)C3)[nH]n2)on1. The van der Waals surface area contributed by atoms with Crippen molar-refractivity contribution in [2.45, 2.75) is 51.9 Å². The number of ether oxygens (including phenoxy) is 1. The van der Waals surface area contributed by atoms with Gasteiger partial charge >= 0.3 is 0 Å². The number of amides is 1. The third kappa shape index (κ3) is 4.67. The highest BCUT2D eigenvalue weighted by Gasteiger charge is 2.32. The molecule has 1 aliphatic carbocycles. The van der Waals surface area contributed by atoms with Crippen LogP contribution in [0.5, 0.6) is 5.88 Å². The van der Waals surface area contributed by atoms with Crippen LogP contribution in [0.15, 0.2) is 28.9 Å². The molecule has 0 saturated heterocycles. The van der Waals surface area contributed by atoms with E-state index in [1.165, 1.54) is 0 Å². The first-order chi connectivity index (χ1) is 14.5. The topological polar surface area (TPSA) is 119 Å². The number of anilines is 1. The van der Waals surface area contributed by atoms with E-state index in [2.05, 4.69) is 44.7 Å².